The molecule has 1 fully saturated rings. The van der Waals surface area contributed by atoms with Crippen molar-refractivity contribution in [3.8, 4) is 5.75 Å². The molecule has 194 valence electrons. The lowest BCUT2D eigenvalue weighted by atomic mass is 9.63. The first-order chi connectivity index (χ1) is 18.3. The molecule has 3 aliphatic rings. The molecule has 0 aromatic heterocycles. The quantitative estimate of drug-likeness (QED) is 0.254. The van der Waals surface area contributed by atoms with Crippen LogP contribution in [0.1, 0.15) is 35.1 Å². The van der Waals surface area contributed by atoms with Crippen LogP contribution in [-0.4, -0.2) is 42.6 Å². The first-order valence-electron chi connectivity index (χ1n) is 12.0. The number of rotatable bonds is 4. The number of halogens is 1. The molecule has 3 aromatic rings. The van der Waals surface area contributed by atoms with Crippen LogP contribution in [-0.2, 0) is 24.7 Å². The molecule has 5 atom stereocenters. The van der Waals surface area contributed by atoms with E-state index >= 15 is 0 Å². The van der Waals surface area contributed by atoms with Crippen LogP contribution >= 0.6 is 15.9 Å². The summed E-state index contributed by atoms with van der Waals surface area (Å²) in [6, 6.07) is 21.1. The number of methoxy groups -OCH3 is 1. The molecule has 0 bridgehead atoms. The van der Waals surface area contributed by atoms with E-state index in [4.69, 9.17) is 14.2 Å². The maximum absolute atomic E-state index is 14.3. The van der Waals surface area contributed by atoms with Gasteiger partial charge in [-0.05, 0) is 29.8 Å². The van der Waals surface area contributed by atoms with E-state index in [9.17, 15) is 19.7 Å². The molecule has 9 nitrogen and oxygen atoms in total. The number of amides is 1. The lowest BCUT2D eigenvalue weighted by molar-refractivity contribution is -0.593. The number of hydrogen-bond acceptors (Lipinski definition) is 7. The van der Waals surface area contributed by atoms with E-state index in [0.717, 1.165) is 0 Å². The van der Waals surface area contributed by atoms with Crippen molar-refractivity contribution in [2.45, 2.75) is 35.7 Å². The Morgan fingerprint density at radius 2 is 1.84 bits per heavy atom. The highest BCUT2D eigenvalue weighted by molar-refractivity contribution is 9.10. The maximum atomic E-state index is 14.3. The summed E-state index contributed by atoms with van der Waals surface area (Å²) in [5.41, 5.74) is -1.71. The number of para-hydroxylation sites is 1. The Bertz CT molecular complexity index is 1480. The number of anilines is 1. The molecule has 3 aromatic carbocycles. The average Bonchev–Trinajstić information content (AvgIpc) is 3.37. The van der Waals surface area contributed by atoms with Gasteiger partial charge < -0.3 is 19.1 Å². The van der Waals surface area contributed by atoms with Gasteiger partial charge in [0.2, 0.25) is 0 Å². The lowest BCUT2D eigenvalue weighted by Crippen LogP contribution is -2.61. The lowest BCUT2D eigenvalue weighted by Gasteiger charge is -2.41. The number of nitro groups is 1. The van der Waals surface area contributed by atoms with E-state index in [1.165, 1.54) is 12.0 Å². The van der Waals surface area contributed by atoms with Crippen molar-refractivity contribution in [2.75, 3.05) is 19.1 Å². The van der Waals surface area contributed by atoms with Crippen LogP contribution in [0.25, 0.3) is 0 Å². The van der Waals surface area contributed by atoms with Crippen LogP contribution in [0, 0.1) is 10.1 Å². The molecular formula is C28H23BrN2O7. The number of carbonyl (C=O) groups excluding carboxylic acids is 2. The fourth-order valence-corrected chi connectivity index (χ4v) is 6.80. The van der Waals surface area contributed by atoms with Crippen LogP contribution in [0.15, 0.2) is 77.3 Å². The first kappa shape index (κ1) is 24.6. The van der Waals surface area contributed by atoms with Gasteiger partial charge in [-0.25, -0.2) is 0 Å². The van der Waals surface area contributed by atoms with E-state index in [-0.39, 0.29) is 0 Å². The normalized spacial score (nSPS) is 28.9. The number of carbonyl (C=O) groups is 2. The number of hydrogen-bond donors (Lipinski definition) is 0. The average molecular weight is 579 g/mol. The van der Waals surface area contributed by atoms with E-state index in [0.29, 0.717) is 32.6 Å². The highest BCUT2D eigenvalue weighted by atomic mass is 79.9. The molecule has 1 spiro atoms. The Morgan fingerprint density at radius 3 is 2.55 bits per heavy atom. The predicted octanol–water partition coefficient (Wildman–Crippen LogP) is 4.52. The zero-order chi connectivity index (χ0) is 26.8. The van der Waals surface area contributed by atoms with E-state index in [2.05, 4.69) is 15.9 Å². The van der Waals surface area contributed by atoms with Crippen LogP contribution < -0.4 is 9.64 Å². The third-order valence-corrected chi connectivity index (χ3v) is 8.44. The summed E-state index contributed by atoms with van der Waals surface area (Å²) in [5, 5.41) is 13.5. The standard InChI is InChI=1S/C28H23BrN2O7/c1-30-20-11-7-6-10-19(20)28(26(30)33)24(16-8-4-3-5-9-16)27(31(34)35)22(15-23(32)36-2)37-21-13-12-17(29)14-18(21)25(27)38-28/h3-14,22,24-25H,15H2,1-2H3/t22-,24+,25+,27-,28-/m1/s1. The fraction of sp³-hybridized carbons (Fsp3) is 0.286. The summed E-state index contributed by atoms with van der Waals surface area (Å²) in [4.78, 5) is 41.5. The maximum Gasteiger partial charge on any atom is 0.309 e. The molecule has 0 radical (unpaired) electrons. The number of fused-ring (bicyclic) bond motifs is 5. The SMILES string of the molecule is COC(=O)C[C@H]1Oc2ccc(Br)cc2[C@@H]2O[C@@]3(C(=O)N(C)c4ccccc43)[C@@H](c3ccccc3)[C@]12[N+](=O)[O-]. The molecule has 3 aliphatic heterocycles. The minimum Gasteiger partial charge on any atom is -0.482 e. The Labute approximate surface area is 226 Å². The summed E-state index contributed by atoms with van der Waals surface area (Å²) in [6.45, 7) is 0. The van der Waals surface area contributed by atoms with Gasteiger partial charge in [0.15, 0.2) is 17.8 Å². The molecule has 0 N–H and O–H groups in total. The number of ether oxygens (including phenoxy) is 3. The Hall–Kier alpha value is -3.76. The molecule has 0 unspecified atom stereocenters. The van der Waals surface area contributed by atoms with Gasteiger partial charge in [0.1, 0.15) is 11.7 Å². The molecule has 0 aliphatic carbocycles. The number of esters is 1. The van der Waals surface area contributed by atoms with Crippen LogP contribution in [0.5, 0.6) is 5.75 Å². The highest BCUT2D eigenvalue weighted by Gasteiger charge is 2.82. The summed E-state index contributed by atoms with van der Waals surface area (Å²) in [6.07, 6.45) is -2.92. The molecular weight excluding hydrogens is 556 g/mol. The van der Waals surface area contributed by atoms with Crippen LogP contribution in [0.4, 0.5) is 5.69 Å². The van der Waals surface area contributed by atoms with Crippen molar-refractivity contribution < 1.29 is 28.7 Å². The van der Waals surface area contributed by atoms with Crippen molar-refractivity contribution in [3.63, 3.8) is 0 Å². The number of likely N-dealkylation sites (N-methyl/N-ethyl adjacent to an activating group) is 1. The molecule has 6 rings (SSSR count). The number of nitrogens with zero attached hydrogens (tertiary/aromatic N) is 2. The topological polar surface area (TPSA) is 108 Å². The molecule has 1 saturated heterocycles. The van der Waals surface area contributed by atoms with Crippen molar-refractivity contribution >= 4 is 33.5 Å². The van der Waals surface area contributed by atoms with Gasteiger partial charge >= 0.3 is 5.97 Å². The van der Waals surface area contributed by atoms with Crippen molar-refractivity contribution in [1.29, 1.82) is 0 Å². The third kappa shape index (κ3) is 3.07. The van der Waals surface area contributed by atoms with Gasteiger partial charge in [-0.15, -0.1) is 0 Å². The van der Waals surface area contributed by atoms with Gasteiger partial charge in [0.25, 0.3) is 11.4 Å². The summed E-state index contributed by atoms with van der Waals surface area (Å²) < 4.78 is 18.7. The zero-order valence-corrected chi connectivity index (χ0v) is 22.1. The van der Waals surface area contributed by atoms with Crippen LogP contribution in [0.3, 0.4) is 0 Å². The second-order valence-electron chi connectivity index (χ2n) is 9.67. The summed E-state index contributed by atoms with van der Waals surface area (Å²) >= 11 is 3.46. The monoisotopic (exact) mass is 578 g/mol. The minimum atomic E-state index is -2.06. The van der Waals surface area contributed by atoms with E-state index in [1.54, 1.807) is 79.8 Å². The Morgan fingerprint density at radius 1 is 1.13 bits per heavy atom. The van der Waals surface area contributed by atoms with Gasteiger partial charge in [-0.3, -0.25) is 19.7 Å². The smallest absolute Gasteiger partial charge is 0.309 e. The Balaban J connectivity index is 1.73. The summed E-state index contributed by atoms with van der Waals surface area (Å²) in [5.74, 6) is -1.88. The van der Waals surface area contributed by atoms with Crippen LogP contribution in [0.2, 0.25) is 0 Å². The molecule has 1 amide bonds. The third-order valence-electron chi connectivity index (χ3n) is 7.95. The Kier molecular flexibility index (Phi) is 5.59. The molecule has 0 saturated carbocycles. The van der Waals surface area contributed by atoms with Crippen molar-refractivity contribution in [1.82, 2.24) is 0 Å². The van der Waals surface area contributed by atoms with Gasteiger partial charge in [0, 0.05) is 27.6 Å². The van der Waals surface area contributed by atoms with Gasteiger partial charge in [0.05, 0.1) is 19.2 Å². The first-order valence-corrected chi connectivity index (χ1v) is 12.8. The molecule has 10 heteroatoms. The van der Waals surface area contributed by atoms with Gasteiger partial charge in [-0.2, -0.15) is 0 Å². The van der Waals surface area contributed by atoms with Crippen molar-refractivity contribution in [3.05, 3.63) is 104 Å². The van der Waals surface area contributed by atoms with E-state index in [1.807, 2.05) is 0 Å². The largest absolute Gasteiger partial charge is 0.482 e. The molecule has 3 heterocycles. The zero-order valence-electron chi connectivity index (χ0n) is 20.5. The second kappa shape index (κ2) is 8.64. The second-order valence-corrected chi connectivity index (χ2v) is 10.6. The van der Waals surface area contributed by atoms with Crippen molar-refractivity contribution in [2.24, 2.45) is 0 Å². The predicted molar refractivity (Wildman–Crippen MR) is 139 cm³/mol. The molecule has 38 heavy (non-hydrogen) atoms. The highest BCUT2D eigenvalue weighted by Crippen LogP contribution is 2.68. The fourth-order valence-electron chi connectivity index (χ4n) is 6.42. The number of benzene rings is 3. The van der Waals surface area contributed by atoms with E-state index < -0.39 is 52.5 Å². The minimum absolute atomic E-state index is 0.348. The summed E-state index contributed by atoms with van der Waals surface area (Å²) in [7, 11) is 2.86. The van der Waals surface area contributed by atoms with Gasteiger partial charge in [-0.1, -0.05) is 64.5 Å².